The molecule has 0 bridgehead atoms. The van der Waals surface area contributed by atoms with Crippen LogP contribution in [0.4, 0.5) is 5.69 Å². The molecule has 5 heteroatoms. The van der Waals surface area contributed by atoms with Gasteiger partial charge in [-0.15, -0.1) is 0 Å². The molecule has 1 aromatic carbocycles. The van der Waals surface area contributed by atoms with Gasteiger partial charge in [-0.25, -0.2) is 0 Å². The molecule has 0 aliphatic carbocycles. The van der Waals surface area contributed by atoms with Gasteiger partial charge < -0.3 is 20.3 Å². The van der Waals surface area contributed by atoms with Crippen LogP contribution in [0.5, 0.6) is 5.75 Å². The number of hydrogen-bond donors (Lipinski definition) is 2. The van der Waals surface area contributed by atoms with Crippen molar-refractivity contribution in [3.8, 4) is 5.75 Å². The molecule has 1 aliphatic rings. The van der Waals surface area contributed by atoms with Gasteiger partial charge in [0.05, 0.1) is 17.8 Å². The molecule has 0 amide bonds. The topological polar surface area (TPSA) is 36.5 Å². The second kappa shape index (κ2) is 6.27. The summed E-state index contributed by atoms with van der Waals surface area (Å²) < 4.78 is 5.13. The highest BCUT2D eigenvalue weighted by Crippen LogP contribution is 2.26. The zero-order valence-electron chi connectivity index (χ0n) is 10.9. The summed E-state index contributed by atoms with van der Waals surface area (Å²) in [6.07, 6.45) is 0. The van der Waals surface area contributed by atoms with Gasteiger partial charge in [0, 0.05) is 38.3 Å². The summed E-state index contributed by atoms with van der Waals surface area (Å²) in [7, 11) is 3.79. The number of halogens is 1. The minimum Gasteiger partial charge on any atom is -0.497 e. The van der Waals surface area contributed by atoms with Crippen LogP contribution in [-0.4, -0.2) is 51.3 Å². The van der Waals surface area contributed by atoms with E-state index in [4.69, 9.17) is 16.3 Å². The summed E-state index contributed by atoms with van der Waals surface area (Å²) in [4.78, 5) is 2.33. The maximum absolute atomic E-state index is 6.18. The Kier molecular flexibility index (Phi) is 4.69. The van der Waals surface area contributed by atoms with Crippen molar-refractivity contribution in [2.75, 3.05) is 45.7 Å². The Morgan fingerprint density at radius 3 is 3.06 bits per heavy atom. The number of anilines is 1. The number of nitrogens with zero attached hydrogens (tertiary/aromatic N) is 1. The summed E-state index contributed by atoms with van der Waals surface area (Å²) in [5, 5.41) is 7.56. The van der Waals surface area contributed by atoms with Gasteiger partial charge >= 0.3 is 0 Å². The fourth-order valence-electron chi connectivity index (χ4n) is 2.13. The second-order valence-corrected chi connectivity index (χ2v) is 5.05. The lowest BCUT2D eigenvalue weighted by Crippen LogP contribution is -2.51. The Balaban J connectivity index is 1.89. The van der Waals surface area contributed by atoms with Crippen LogP contribution in [-0.2, 0) is 0 Å². The van der Waals surface area contributed by atoms with Gasteiger partial charge in [0.25, 0.3) is 0 Å². The molecule has 1 atom stereocenters. The van der Waals surface area contributed by atoms with Crippen LogP contribution in [0.3, 0.4) is 0 Å². The van der Waals surface area contributed by atoms with Crippen molar-refractivity contribution in [1.29, 1.82) is 0 Å². The van der Waals surface area contributed by atoms with E-state index in [0.29, 0.717) is 11.1 Å². The van der Waals surface area contributed by atoms with Gasteiger partial charge in [-0.1, -0.05) is 11.6 Å². The molecule has 2 rings (SSSR count). The van der Waals surface area contributed by atoms with Gasteiger partial charge in [-0.3, -0.25) is 0 Å². The van der Waals surface area contributed by atoms with Crippen LogP contribution in [0.2, 0.25) is 5.02 Å². The number of methoxy groups -OCH3 is 1. The molecule has 0 aromatic heterocycles. The molecule has 18 heavy (non-hydrogen) atoms. The van der Waals surface area contributed by atoms with E-state index < -0.39 is 0 Å². The van der Waals surface area contributed by atoms with Crippen molar-refractivity contribution in [1.82, 2.24) is 10.2 Å². The second-order valence-electron chi connectivity index (χ2n) is 4.64. The molecular formula is C13H20ClN3O. The van der Waals surface area contributed by atoms with E-state index in [2.05, 4.69) is 22.6 Å². The maximum atomic E-state index is 6.18. The Hall–Kier alpha value is -0.970. The average Bonchev–Trinajstić information content (AvgIpc) is 2.37. The lowest BCUT2D eigenvalue weighted by Gasteiger charge is -2.31. The van der Waals surface area contributed by atoms with E-state index in [1.165, 1.54) is 0 Å². The first-order chi connectivity index (χ1) is 8.69. The molecule has 1 saturated heterocycles. The molecule has 1 aromatic rings. The fourth-order valence-corrected chi connectivity index (χ4v) is 2.36. The molecule has 1 heterocycles. The van der Waals surface area contributed by atoms with E-state index >= 15 is 0 Å². The van der Waals surface area contributed by atoms with Crippen molar-refractivity contribution in [3.63, 3.8) is 0 Å². The van der Waals surface area contributed by atoms with Gasteiger partial charge in [0.15, 0.2) is 0 Å². The highest BCUT2D eigenvalue weighted by Gasteiger charge is 2.16. The molecule has 0 saturated carbocycles. The largest absolute Gasteiger partial charge is 0.497 e. The SMILES string of the molecule is COc1ccc(NCC2CN(C)CCN2)c(Cl)c1. The molecule has 2 N–H and O–H groups in total. The van der Waals surface area contributed by atoms with Gasteiger partial charge in [0.1, 0.15) is 5.75 Å². The summed E-state index contributed by atoms with van der Waals surface area (Å²) >= 11 is 6.18. The number of piperazine rings is 1. The lowest BCUT2D eigenvalue weighted by molar-refractivity contribution is 0.244. The summed E-state index contributed by atoms with van der Waals surface area (Å²) in [5.41, 5.74) is 0.951. The molecule has 1 fully saturated rings. The lowest BCUT2D eigenvalue weighted by atomic mass is 10.2. The van der Waals surface area contributed by atoms with Gasteiger partial charge in [-0.05, 0) is 19.2 Å². The first kappa shape index (κ1) is 13.5. The first-order valence-electron chi connectivity index (χ1n) is 6.18. The molecule has 1 aliphatic heterocycles. The van der Waals surface area contributed by atoms with E-state index in [1.807, 2.05) is 18.2 Å². The third-order valence-corrected chi connectivity index (χ3v) is 3.49. The number of rotatable bonds is 4. The van der Waals surface area contributed by atoms with Crippen LogP contribution >= 0.6 is 11.6 Å². The first-order valence-corrected chi connectivity index (χ1v) is 6.56. The van der Waals surface area contributed by atoms with Crippen molar-refractivity contribution in [2.45, 2.75) is 6.04 Å². The molecule has 0 spiro atoms. The zero-order chi connectivity index (χ0) is 13.0. The van der Waals surface area contributed by atoms with Crippen molar-refractivity contribution in [3.05, 3.63) is 23.2 Å². The van der Waals surface area contributed by atoms with Crippen molar-refractivity contribution in [2.24, 2.45) is 0 Å². The van der Waals surface area contributed by atoms with Crippen LogP contribution in [0.15, 0.2) is 18.2 Å². The van der Waals surface area contributed by atoms with Crippen molar-refractivity contribution >= 4 is 17.3 Å². The quantitative estimate of drug-likeness (QED) is 0.872. The highest BCUT2D eigenvalue weighted by atomic mass is 35.5. The summed E-state index contributed by atoms with van der Waals surface area (Å²) in [5.74, 6) is 0.779. The number of ether oxygens (including phenoxy) is 1. The van der Waals surface area contributed by atoms with E-state index in [0.717, 1.165) is 37.6 Å². The third kappa shape index (κ3) is 3.51. The summed E-state index contributed by atoms with van der Waals surface area (Å²) in [6, 6.07) is 6.15. The normalized spacial score (nSPS) is 20.7. The number of likely N-dealkylation sites (N-methyl/N-ethyl adjacent to an activating group) is 1. The van der Waals surface area contributed by atoms with E-state index in [1.54, 1.807) is 7.11 Å². The Labute approximate surface area is 113 Å². The molecule has 100 valence electrons. The minimum atomic E-state index is 0.460. The van der Waals surface area contributed by atoms with E-state index in [9.17, 15) is 0 Å². The van der Waals surface area contributed by atoms with Gasteiger partial charge in [0.2, 0.25) is 0 Å². The smallest absolute Gasteiger partial charge is 0.120 e. The van der Waals surface area contributed by atoms with Crippen molar-refractivity contribution < 1.29 is 4.74 Å². The summed E-state index contributed by atoms with van der Waals surface area (Å²) in [6.45, 7) is 4.08. The molecule has 1 unspecified atom stereocenters. The highest BCUT2D eigenvalue weighted by molar-refractivity contribution is 6.33. The minimum absolute atomic E-state index is 0.460. The average molecular weight is 270 g/mol. The number of nitrogens with one attached hydrogen (secondary N) is 2. The van der Waals surface area contributed by atoms with Crippen LogP contribution < -0.4 is 15.4 Å². The zero-order valence-corrected chi connectivity index (χ0v) is 11.6. The van der Waals surface area contributed by atoms with Crippen LogP contribution in [0.25, 0.3) is 0 Å². The molecule has 4 nitrogen and oxygen atoms in total. The maximum Gasteiger partial charge on any atom is 0.120 e. The predicted octanol–water partition coefficient (Wildman–Crippen LogP) is 1.66. The number of benzene rings is 1. The van der Waals surface area contributed by atoms with Gasteiger partial charge in [-0.2, -0.15) is 0 Å². The Morgan fingerprint density at radius 1 is 1.56 bits per heavy atom. The molecular weight excluding hydrogens is 250 g/mol. The van der Waals surface area contributed by atoms with Crippen LogP contribution in [0, 0.1) is 0 Å². The third-order valence-electron chi connectivity index (χ3n) is 3.17. The predicted molar refractivity (Wildman–Crippen MR) is 75.8 cm³/mol. The standard InChI is InChI=1S/C13H20ClN3O/c1-17-6-5-15-10(9-17)8-16-13-4-3-11(18-2)7-12(13)14/h3-4,7,10,15-16H,5-6,8-9H2,1-2H3. The van der Waals surface area contributed by atoms with Crippen LogP contribution in [0.1, 0.15) is 0 Å². The Morgan fingerprint density at radius 2 is 2.39 bits per heavy atom. The number of hydrogen-bond acceptors (Lipinski definition) is 4. The fraction of sp³-hybridized carbons (Fsp3) is 0.538. The Bertz CT molecular complexity index is 400. The van der Waals surface area contributed by atoms with E-state index in [-0.39, 0.29) is 0 Å². The molecule has 0 radical (unpaired) electrons. The monoisotopic (exact) mass is 269 g/mol.